The van der Waals surface area contributed by atoms with E-state index in [1.165, 1.54) is 283 Å². The molecule has 0 aliphatic rings. The molecule has 1 unspecified atom stereocenters. The summed E-state index contributed by atoms with van der Waals surface area (Å²) in [6, 6.07) is 0. The van der Waals surface area contributed by atoms with Gasteiger partial charge in [0, 0.05) is 19.3 Å². The van der Waals surface area contributed by atoms with Crippen molar-refractivity contribution in [3.8, 4) is 0 Å². The fraction of sp³-hybridized carbons (Fsp3) is 0.853. The second-order valence-corrected chi connectivity index (χ2v) is 24.5. The minimum atomic E-state index is -0.772. The highest BCUT2D eigenvalue weighted by atomic mass is 16.6. The standard InChI is InChI=1S/C75H138O6/c1-4-7-10-13-16-19-22-24-26-28-30-32-34-36-37-39-40-42-44-46-48-50-53-56-59-62-65-68-74(77)80-71-72(70-79-73(76)67-64-61-58-55-52-21-18-15-12-9-6-3)81-75(78)69-66-63-60-57-54-51-49-47-45-43-41-38-35-33-31-29-27-25-23-20-17-14-11-8-5-2/h22,24,28-31,34,36,72H,4-21,23,25-27,32-33,35,37-71H2,1-3H3/b24-22-,30-28-,31-29-,36-34-. The largest absolute Gasteiger partial charge is 0.462 e. The molecule has 0 aliphatic carbocycles. The van der Waals surface area contributed by atoms with E-state index in [9.17, 15) is 14.4 Å². The molecule has 0 amide bonds. The van der Waals surface area contributed by atoms with Crippen LogP contribution in [0.15, 0.2) is 48.6 Å². The Balaban J connectivity index is 4.19. The zero-order valence-corrected chi connectivity index (χ0v) is 54.6. The van der Waals surface area contributed by atoms with Gasteiger partial charge in [-0.1, -0.05) is 339 Å². The minimum absolute atomic E-state index is 0.0686. The average Bonchev–Trinajstić information content (AvgIpc) is 3.47. The molecule has 0 aromatic carbocycles. The Labute approximate surface area is 505 Å². The summed E-state index contributed by atoms with van der Waals surface area (Å²) in [5.41, 5.74) is 0. The monoisotopic (exact) mass is 1140 g/mol. The second-order valence-electron chi connectivity index (χ2n) is 24.5. The van der Waals surface area contributed by atoms with E-state index in [1.54, 1.807) is 0 Å². The molecule has 0 fully saturated rings. The number of hydrogen-bond acceptors (Lipinski definition) is 6. The van der Waals surface area contributed by atoms with Gasteiger partial charge in [0.2, 0.25) is 0 Å². The minimum Gasteiger partial charge on any atom is -0.462 e. The molecule has 474 valence electrons. The van der Waals surface area contributed by atoms with E-state index in [4.69, 9.17) is 14.2 Å². The number of allylic oxidation sites excluding steroid dienone is 8. The summed E-state index contributed by atoms with van der Waals surface area (Å²) in [5.74, 6) is -0.845. The van der Waals surface area contributed by atoms with Crippen LogP contribution in [-0.2, 0) is 28.6 Å². The van der Waals surface area contributed by atoms with E-state index < -0.39 is 6.10 Å². The lowest BCUT2D eigenvalue weighted by Gasteiger charge is -2.18. The Morgan fingerprint density at radius 2 is 0.444 bits per heavy atom. The molecule has 1 atom stereocenters. The molecule has 0 aromatic rings. The van der Waals surface area contributed by atoms with E-state index in [1.807, 2.05) is 0 Å². The van der Waals surface area contributed by atoms with Crippen LogP contribution in [0.5, 0.6) is 0 Å². The van der Waals surface area contributed by atoms with Crippen LogP contribution in [0.1, 0.15) is 393 Å². The van der Waals surface area contributed by atoms with Gasteiger partial charge in [-0.2, -0.15) is 0 Å². The van der Waals surface area contributed by atoms with Crippen LogP contribution in [0.2, 0.25) is 0 Å². The van der Waals surface area contributed by atoms with Gasteiger partial charge in [-0.05, 0) is 83.5 Å². The van der Waals surface area contributed by atoms with E-state index in [0.29, 0.717) is 19.3 Å². The molecular formula is C75H138O6. The maximum atomic E-state index is 12.9. The molecule has 0 heterocycles. The first-order valence-corrected chi connectivity index (χ1v) is 36.1. The third-order valence-electron chi connectivity index (χ3n) is 16.3. The summed E-state index contributed by atoms with van der Waals surface area (Å²) in [4.78, 5) is 38.4. The van der Waals surface area contributed by atoms with E-state index in [0.717, 1.165) is 70.6 Å². The molecule has 0 saturated carbocycles. The van der Waals surface area contributed by atoms with Crippen molar-refractivity contribution < 1.29 is 28.6 Å². The van der Waals surface area contributed by atoms with Crippen molar-refractivity contribution in [2.24, 2.45) is 0 Å². The number of esters is 3. The van der Waals surface area contributed by atoms with Gasteiger partial charge in [0.25, 0.3) is 0 Å². The van der Waals surface area contributed by atoms with E-state index in [2.05, 4.69) is 69.4 Å². The summed E-state index contributed by atoms with van der Waals surface area (Å²) in [7, 11) is 0. The first-order valence-electron chi connectivity index (χ1n) is 36.1. The quantitative estimate of drug-likeness (QED) is 0.0261. The zero-order valence-electron chi connectivity index (χ0n) is 54.6. The smallest absolute Gasteiger partial charge is 0.306 e. The highest BCUT2D eigenvalue weighted by Gasteiger charge is 2.19. The predicted octanol–water partition coefficient (Wildman–Crippen LogP) is 24.9. The normalized spacial score (nSPS) is 12.3. The van der Waals surface area contributed by atoms with Crippen molar-refractivity contribution in [2.75, 3.05) is 13.2 Å². The summed E-state index contributed by atoms with van der Waals surface area (Å²) in [5, 5.41) is 0. The molecule has 0 radical (unpaired) electrons. The van der Waals surface area contributed by atoms with Crippen molar-refractivity contribution >= 4 is 17.9 Å². The topological polar surface area (TPSA) is 78.9 Å². The van der Waals surface area contributed by atoms with Gasteiger partial charge >= 0.3 is 17.9 Å². The fourth-order valence-electron chi connectivity index (χ4n) is 10.9. The number of ether oxygens (including phenoxy) is 3. The lowest BCUT2D eigenvalue weighted by Crippen LogP contribution is -2.30. The molecule has 6 heteroatoms. The molecule has 0 saturated heterocycles. The van der Waals surface area contributed by atoms with Crippen LogP contribution in [0.3, 0.4) is 0 Å². The van der Waals surface area contributed by atoms with E-state index >= 15 is 0 Å². The summed E-state index contributed by atoms with van der Waals surface area (Å²) >= 11 is 0. The molecule has 0 bridgehead atoms. The van der Waals surface area contributed by atoms with Gasteiger partial charge in [0.05, 0.1) is 0 Å². The third-order valence-corrected chi connectivity index (χ3v) is 16.3. The fourth-order valence-corrected chi connectivity index (χ4v) is 10.9. The number of carbonyl (C=O) groups excluding carboxylic acids is 3. The van der Waals surface area contributed by atoms with Crippen LogP contribution in [-0.4, -0.2) is 37.2 Å². The number of unbranched alkanes of at least 4 members (excludes halogenated alkanes) is 48. The number of hydrogen-bond donors (Lipinski definition) is 0. The summed E-state index contributed by atoms with van der Waals surface area (Å²) in [6.45, 7) is 6.68. The molecule has 0 spiro atoms. The maximum absolute atomic E-state index is 12.9. The predicted molar refractivity (Wildman–Crippen MR) is 353 cm³/mol. The van der Waals surface area contributed by atoms with Gasteiger partial charge < -0.3 is 14.2 Å². The van der Waals surface area contributed by atoms with Crippen molar-refractivity contribution in [2.45, 2.75) is 399 Å². The van der Waals surface area contributed by atoms with Crippen LogP contribution in [0.4, 0.5) is 0 Å². The first kappa shape index (κ1) is 78.4. The highest BCUT2D eigenvalue weighted by Crippen LogP contribution is 2.18. The molecule has 0 N–H and O–H groups in total. The molecule has 81 heavy (non-hydrogen) atoms. The van der Waals surface area contributed by atoms with Gasteiger partial charge in [-0.25, -0.2) is 0 Å². The van der Waals surface area contributed by atoms with Crippen molar-refractivity contribution in [3.05, 3.63) is 48.6 Å². The van der Waals surface area contributed by atoms with Gasteiger partial charge in [-0.3, -0.25) is 14.4 Å². The van der Waals surface area contributed by atoms with Gasteiger partial charge in [0.1, 0.15) is 13.2 Å². The Morgan fingerprint density at radius 3 is 0.704 bits per heavy atom. The Morgan fingerprint density at radius 1 is 0.247 bits per heavy atom. The molecule has 0 aliphatic heterocycles. The van der Waals surface area contributed by atoms with Crippen molar-refractivity contribution in [3.63, 3.8) is 0 Å². The highest BCUT2D eigenvalue weighted by molar-refractivity contribution is 5.71. The maximum Gasteiger partial charge on any atom is 0.306 e. The lowest BCUT2D eigenvalue weighted by molar-refractivity contribution is -0.167. The molecule has 6 nitrogen and oxygen atoms in total. The van der Waals surface area contributed by atoms with Crippen LogP contribution in [0.25, 0.3) is 0 Å². The van der Waals surface area contributed by atoms with Crippen LogP contribution in [0, 0.1) is 0 Å². The van der Waals surface area contributed by atoms with E-state index in [-0.39, 0.29) is 31.1 Å². The number of rotatable bonds is 67. The zero-order chi connectivity index (χ0) is 58.5. The lowest BCUT2D eigenvalue weighted by atomic mass is 10.0. The third kappa shape index (κ3) is 68.0. The molecular weight excluding hydrogens is 997 g/mol. The number of carbonyl (C=O) groups is 3. The van der Waals surface area contributed by atoms with Crippen molar-refractivity contribution in [1.82, 2.24) is 0 Å². The SMILES string of the molecule is CCCCCCC/C=C\C/C=C\C/C=C\CCCCCCCCCCCCCCC(=O)OCC(COC(=O)CCCCCCCCCCCCC)OC(=O)CCCCCCCCCCCCCCC/C=C\CCCCCCCCCC. The molecule has 0 aromatic heterocycles. The Hall–Kier alpha value is -2.63. The molecule has 0 rings (SSSR count). The Bertz CT molecular complexity index is 1400. The van der Waals surface area contributed by atoms with Crippen LogP contribution >= 0.6 is 0 Å². The van der Waals surface area contributed by atoms with Gasteiger partial charge in [-0.15, -0.1) is 0 Å². The Kier molecular flexibility index (Phi) is 67.6. The first-order chi connectivity index (χ1) is 40.0. The summed E-state index contributed by atoms with van der Waals surface area (Å²) < 4.78 is 17.0. The van der Waals surface area contributed by atoms with Crippen molar-refractivity contribution in [1.29, 1.82) is 0 Å². The van der Waals surface area contributed by atoms with Crippen LogP contribution < -0.4 is 0 Å². The second kappa shape index (κ2) is 69.9. The summed E-state index contributed by atoms with van der Waals surface area (Å²) in [6.07, 6.45) is 88.6. The van der Waals surface area contributed by atoms with Gasteiger partial charge in [0.15, 0.2) is 6.10 Å². The average molecular weight is 1140 g/mol.